The highest BCUT2D eigenvalue weighted by atomic mass is 16.5. The SMILES string of the molecule is CCOCCOCc1cccc(CNC(=O)C(C)Oc2cccc(C#N)c2)c1. The second-order valence-electron chi connectivity index (χ2n) is 6.19. The van der Waals surface area contributed by atoms with E-state index in [1.807, 2.05) is 37.3 Å². The fraction of sp³-hybridized carbons (Fsp3) is 0.364. The third kappa shape index (κ3) is 7.39. The van der Waals surface area contributed by atoms with Crippen LogP contribution in [0.2, 0.25) is 0 Å². The molecule has 1 unspecified atom stereocenters. The van der Waals surface area contributed by atoms with Crippen molar-refractivity contribution < 1.29 is 19.0 Å². The Labute approximate surface area is 166 Å². The van der Waals surface area contributed by atoms with Crippen molar-refractivity contribution in [3.8, 4) is 11.8 Å². The molecule has 0 saturated carbocycles. The zero-order valence-corrected chi connectivity index (χ0v) is 16.3. The van der Waals surface area contributed by atoms with E-state index in [2.05, 4.69) is 5.32 Å². The smallest absolute Gasteiger partial charge is 0.261 e. The number of ether oxygens (including phenoxy) is 3. The first-order chi connectivity index (χ1) is 13.6. The van der Waals surface area contributed by atoms with Crippen molar-refractivity contribution in [3.05, 3.63) is 65.2 Å². The van der Waals surface area contributed by atoms with Gasteiger partial charge < -0.3 is 19.5 Å². The summed E-state index contributed by atoms with van der Waals surface area (Å²) in [5.41, 5.74) is 2.52. The van der Waals surface area contributed by atoms with Crippen LogP contribution >= 0.6 is 0 Å². The summed E-state index contributed by atoms with van der Waals surface area (Å²) < 4.78 is 16.4. The van der Waals surface area contributed by atoms with Crippen LogP contribution in [-0.4, -0.2) is 31.8 Å². The van der Waals surface area contributed by atoms with Crippen molar-refractivity contribution in [2.45, 2.75) is 33.1 Å². The normalized spacial score (nSPS) is 11.5. The van der Waals surface area contributed by atoms with E-state index in [0.29, 0.717) is 44.3 Å². The fourth-order valence-corrected chi connectivity index (χ4v) is 2.51. The number of benzene rings is 2. The number of carbonyl (C=O) groups excluding carboxylic acids is 1. The number of nitrogens with one attached hydrogen (secondary N) is 1. The van der Waals surface area contributed by atoms with Gasteiger partial charge >= 0.3 is 0 Å². The van der Waals surface area contributed by atoms with Crippen LogP contribution in [0.1, 0.15) is 30.5 Å². The second kappa shape index (κ2) is 11.8. The van der Waals surface area contributed by atoms with Crippen molar-refractivity contribution in [2.75, 3.05) is 19.8 Å². The maximum absolute atomic E-state index is 12.3. The summed E-state index contributed by atoms with van der Waals surface area (Å²) in [4.78, 5) is 12.3. The first-order valence-electron chi connectivity index (χ1n) is 9.30. The van der Waals surface area contributed by atoms with Crippen LogP contribution in [0.25, 0.3) is 0 Å². The third-order valence-electron chi connectivity index (χ3n) is 3.95. The first kappa shape index (κ1) is 21.4. The van der Waals surface area contributed by atoms with E-state index < -0.39 is 6.10 Å². The van der Waals surface area contributed by atoms with Crippen LogP contribution in [0, 0.1) is 11.3 Å². The molecule has 0 spiro atoms. The molecule has 6 nitrogen and oxygen atoms in total. The quantitative estimate of drug-likeness (QED) is 0.604. The van der Waals surface area contributed by atoms with E-state index in [0.717, 1.165) is 11.1 Å². The van der Waals surface area contributed by atoms with Crippen molar-refractivity contribution in [2.24, 2.45) is 0 Å². The Kier molecular flexibility index (Phi) is 8.99. The van der Waals surface area contributed by atoms with Gasteiger partial charge in [-0.05, 0) is 43.2 Å². The third-order valence-corrected chi connectivity index (χ3v) is 3.95. The molecule has 0 aliphatic heterocycles. The van der Waals surface area contributed by atoms with Gasteiger partial charge in [-0.15, -0.1) is 0 Å². The predicted molar refractivity (Wildman–Crippen MR) is 106 cm³/mol. The van der Waals surface area contributed by atoms with Gasteiger partial charge in [-0.25, -0.2) is 0 Å². The molecule has 0 bridgehead atoms. The molecule has 28 heavy (non-hydrogen) atoms. The summed E-state index contributed by atoms with van der Waals surface area (Å²) in [5.74, 6) is 0.272. The molecule has 0 fully saturated rings. The lowest BCUT2D eigenvalue weighted by Gasteiger charge is -2.15. The lowest BCUT2D eigenvalue weighted by Crippen LogP contribution is -2.35. The van der Waals surface area contributed by atoms with Crippen LogP contribution in [0.5, 0.6) is 5.75 Å². The Morgan fingerprint density at radius 2 is 1.86 bits per heavy atom. The van der Waals surface area contributed by atoms with Gasteiger partial charge in [0.15, 0.2) is 6.10 Å². The van der Waals surface area contributed by atoms with Gasteiger partial charge in [0, 0.05) is 13.2 Å². The molecule has 2 rings (SSSR count). The van der Waals surface area contributed by atoms with Crippen molar-refractivity contribution >= 4 is 5.91 Å². The Balaban J connectivity index is 1.79. The molecular formula is C22H26N2O4. The van der Waals surface area contributed by atoms with Crippen LogP contribution in [-0.2, 0) is 27.4 Å². The van der Waals surface area contributed by atoms with Gasteiger partial charge in [0.1, 0.15) is 5.75 Å². The minimum absolute atomic E-state index is 0.222. The highest BCUT2D eigenvalue weighted by Crippen LogP contribution is 2.14. The van der Waals surface area contributed by atoms with Crippen LogP contribution < -0.4 is 10.1 Å². The Morgan fingerprint density at radius 1 is 1.11 bits per heavy atom. The Morgan fingerprint density at radius 3 is 2.64 bits per heavy atom. The maximum Gasteiger partial charge on any atom is 0.261 e. The van der Waals surface area contributed by atoms with Crippen LogP contribution in [0.4, 0.5) is 0 Å². The van der Waals surface area contributed by atoms with Crippen molar-refractivity contribution in [3.63, 3.8) is 0 Å². The molecule has 0 aliphatic carbocycles. The molecule has 0 heterocycles. The zero-order valence-electron chi connectivity index (χ0n) is 16.3. The summed E-state index contributed by atoms with van der Waals surface area (Å²) in [7, 11) is 0. The zero-order chi connectivity index (χ0) is 20.2. The van der Waals surface area contributed by atoms with Gasteiger partial charge in [-0.1, -0.05) is 30.3 Å². The monoisotopic (exact) mass is 382 g/mol. The highest BCUT2D eigenvalue weighted by Gasteiger charge is 2.14. The molecule has 1 atom stereocenters. The molecule has 0 radical (unpaired) electrons. The number of hydrogen-bond donors (Lipinski definition) is 1. The summed E-state index contributed by atoms with van der Waals surface area (Å²) >= 11 is 0. The molecule has 6 heteroatoms. The molecule has 1 N–H and O–H groups in total. The molecule has 0 aromatic heterocycles. The minimum atomic E-state index is -0.668. The maximum atomic E-state index is 12.3. The first-order valence-corrected chi connectivity index (χ1v) is 9.30. The topological polar surface area (TPSA) is 80.6 Å². The second-order valence-corrected chi connectivity index (χ2v) is 6.19. The number of rotatable bonds is 11. The summed E-state index contributed by atoms with van der Waals surface area (Å²) in [6, 6.07) is 16.7. The van der Waals surface area contributed by atoms with E-state index in [1.54, 1.807) is 31.2 Å². The number of nitriles is 1. The predicted octanol–water partition coefficient (Wildman–Crippen LogP) is 3.20. The average molecular weight is 382 g/mol. The van der Waals surface area contributed by atoms with E-state index in [4.69, 9.17) is 19.5 Å². The summed E-state index contributed by atoms with van der Waals surface area (Å²) in [5, 5.41) is 11.8. The fourth-order valence-electron chi connectivity index (χ4n) is 2.51. The molecule has 0 saturated heterocycles. The molecule has 1 amide bonds. The Bertz CT molecular complexity index is 801. The number of hydrogen-bond acceptors (Lipinski definition) is 5. The van der Waals surface area contributed by atoms with Gasteiger partial charge in [-0.2, -0.15) is 5.26 Å². The van der Waals surface area contributed by atoms with Crippen molar-refractivity contribution in [1.29, 1.82) is 5.26 Å². The van der Waals surface area contributed by atoms with Crippen LogP contribution in [0.15, 0.2) is 48.5 Å². The summed E-state index contributed by atoms with van der Waals surface area (Å²) in [6.07, 6.45) is -0.668. The van der Waals surface area contributed by atoms with Gasteiger partial charge in [0.25, 0.3) is 5.91 Å². The Hall–Kier alpha value is -2.88. The molecule has 2 aromatic carbocycles. The molecule has 2 aromatic rings. The standard InChI is InChI=1S/C22H26N2O4/c1-3-26-10-11-27-16-20-8-4-7-19(12-20)15-24-22(25)17(2)28-21-9-5-6-18(13-21)14-23/h4-9,12-13,17H,3,10-11,15-16H2,1-2H3,(H,24,25). The van der Waals surface area contributed by atoms with E-state index in [1.165, 1.54) is 0 Å². The van der Waals surface area contributed by atoms with Crippen LogP contribution in [0.3, 0.4) is 0 Å². The molecule has 0 aliphatic rings. The largest absolute Gasteiger partial charge is 0.481 e. The van der Waals surface area contributed by atoms with Crippen molar-refractivity contribution in [1.82, 2.24) is 5.32 Å². The lowest BCUT2D eigenvalue weighted by atomic mass is 10.1. The number of amides is 1. The number of nitrogens with zero attached hydrogens (tertiary/aromatic N) is 1. The van der Waals surface area contributed by atoms with E-state index in [9.17, 15) is 4.79 Å². The molecular weight excluding hydrogens is 356 g/mol. The highest BCUT2D eigenvalue weighted by molar-refractivity contribution is 5.80. The van der Waals surface area contributed by atoms with Gasteiger partial charge in [-0.3, -0.25) is 4.79 Å². The summed E-state index contributed by atoms with van der Waals surface area (Å²) in [6.45, 7) is 6.35. The minimum Gasteiger partial charge on any atom is -0.481 e. The number of carbonyl (C=O) groups is 1. The van der Waals surface area contributed by atoms with E-state index >= 15 is 0 Å². The molecule has 148 valence electrons. The van der Waals surface area contributed by atoms with Gasteiger partial charge in [0.05, 0.1) is 31.5 Å². The average Bonchev–Trinajstić information content (AvgIpc) is 2.72. The lowest BCUT2D eigenvalue weighted by molar-refractivity contribution is -0.127. The van der Waals surface area contributed by atoms with E-state index in [-0.39, 0.29) is 5.91 Å². The van der Waals surface area contributed by atoms with Gasteiger partial charge in [0.2, 0.25) is 0 Å².